The third kappa shape index (κ3) is 4.24. The fourth-order valence-corrected chi connectivity index (χ4v) is 4.51. The van der Waals surface area contributed by atoms with Gasteiger partial charge in [-0.1, -0.05) is 68.7 Å². The molecule has 0 saturated carbocycles. The molecule has 4 rings (SSSR count). The first-order valence-electron chi connectivity index (χ1n) is 11.1. The summed E-state index contributed by atoms with van der Waals surface area (Å²) < 4.78 is 0. The first-order valence-corrected chi connectivity index (χ1v) is 11.1. The van der Waals surface area contributed by atoms with Crippen LogP contribution >= 0.6 is 0 Å². The molecular weight excluding hydrogens is 401 g/mol. The average molecular weight is 427 g/mol. The van der Waals surface area contributed by atoms with Gasteiger partial charge in [0.2, 0.25) is 0 Å². The van der Waals surface area contributed by atoms with Gasteiger partial charge in [0, 0.05) is 12.1 Å². The highest BCUT2D eigenvalue weighted by Crippen LogP contribution is 2.36. The summed E-state index contributed by atoms with van der Waals surface area (Å²) in [7, 11) is -1.61. The predicted octanol–water partition coefficient (Wildman–Crippen LogP) is 5.37. The largest absolute Gasteiger partial charge is 0.489 e. The molecule has 4 aromatic carbocycles. The Morgan fingerprint density at radius 3 is 2.19 bits per heavy atom. The Kier molecular flexibility index (Phi) is 6.54. The molecule has 0 unspecified atom stereocenters. The van der Waals surface area contributed by atoms with Crippen molar-refractivity contribution >= 4 is 39.8 Å². The highest BCUT2D eigenvalue weighted by Gasteiger charge is 2.23. The van der Waals surface area contributed by atoms with E-state index in [1.807, 2.05) is 30.3 Å². The van der Waals surface area contributed by atoms with E-state index in [1.165, 1.54) is 37.0 Å². The Bertz CT molecular complexity index is 1270. The van der Waals surface area contributed by atoms with Crippen molar-refractivity contribution in [3.8, 4) is 11.1 Å². The number of nitro groups is 1. The van der Waals surface area contributed by atoms with Gasteiger partial charge in [-0.2, -0.15) is 0 Å². The lowest BCUT2D eigenvalue weighted by atomic mass is 9.72. The zero-order valence-corrected chi connectivity index (χ0v) is 18.1. The molecule has 0 aliphatic rings. The number of nitrogens with zero attached hydrogens (tertiary/aromatic N) is 1. The summed E-state index contributed by atoms with van der Waals surface area (Å²) >= 11 is 0. The van der Waals surface area contributed by atoms with E-state index >= 15 is 0 Å². The van der Waals surface area contributed by atoms with Gasteiger partial charge < -0.3 is 10.0 Å². The van der Waals surface area contributed by atoms with Crippen LogP contribution in [0.3, 0.4) is 0 Å². The molecule has 0 aliphatic heterocycles. The summed E-state index contributed by atoms with van der Waals surface area (Å²) in [6.07, 6.45) is 5.61. The minimum Gasteiger partial charge on any atom is -0.423 e. The third-order valence-corrected chi connectivity index (χ3v) is 6.07. The van der Waals surface area contributed by atoms with Crippen LogP contribution in [-0.2, 0) is 6.42 Å². The molecule has 0 bridgehead atoms. The zero-order valence-electron chi connectivity index (χ0n) is 18.1. The second-order valence-corrected chi connectivity index (χ2v) is 8.20. The van der Waals surface area contributed by atoms with Gasteiger partial charge in [0.05, 0.1) is 4.92 Å². The number of fused-ring (bicyclic) bond motifs is 2. The number of rotatable bonds is 8. The van der Waals surface area contributed by atoms with Crippen LogP contribution in [0.15, 0.2) is 66.7 Å². The summed E-state index contributed by atoms with van der Waals surface area (Å²) in [6, 6.07) is 20.4. The average Bonchev–Trinajstić information content (AvgIpc) is 2.80. The van der Waals surface area contributed by atoms with Crippen molar-refractivity contribution < 1.29 is 15.0 Å². The molecule has 5 nitrogen and oxygen atoms in total. The van der Waals surface area contributed by atoms with Crippen LogP contribution in [0.1, 0.15) is 38.2 Å². The minimum atomic E-state index is -1.61. The molecule has 0 saturated heterocycles. The summed E-state index contributed by atoms with van der Waals surface area (Å²) in [5.41, 5.74) is 3.50. The maximum Gasteiger partial charge on any atom is 0.489 e. The lowest BCUT2D eigenvalue weighted by molar-refractivity contribution is -0.384. The van der Waals surface area contributed by atoms with E-state index in [9.17, 15) is 20.2 Å². The molecule has 0 spiro atoms. The molecule has 0 heterocycles. The van der Waals surface area contributed by atoms with E-state index in [0.717, 1.165) is 45.5 Å². The standard InChI is InChI=1S/C26H26BNO4/c1-2-3-4-5-8-18-11-16-22-24(17-18)26(27(29)30)23-10-7-6-9-21(23)25(22)19-12-14-20(15-13-19)28(31)32/h6-7,9-17,29-30H,2-5,8H2,1H3. The van der Waals surface area contributed by atoms with Crippen LogP contribution < -0.4 is 5.46 Å². The number of unbranched alkanes of at least 4 members (excludes halogenated alkanes) is 3. The first kappa shape index (κ1) is 22.0. The fraction of sp³-hybridized carbons (Fsp3) is 0.231. The van der Waals surface area contributed by atoms with Crippen molar-refractivity contribution in [3.63, 3.8) is 0 Å². The number of nitro benzene ring substituents is 1. The Morgan fingerprint density at radius 1 is 0.844 bits per heavy atom. The fourth-order valence-electron chi connectivity index (χ4n) is 4.51. The van der Waals surface area contributed by atoms with Crippen LogP contribution in [0, 0.1) is 10.1 Å². The van der Waals surface area contributed by atoms with E-state index in [2.05, 4.69) is 19.1 Å². The maximum absolute atomic E-state index is 11.1. The SMILES string of the molecule is CCCCCCc1ccc2c(-c3ccc([N+](=O)[O-])cc3)c3ccccc3c(B(O)O)c2c1. The first-order chi connectivity index (χ1) is 15.5. The second kappa shape index (κ2) is 9.51. The lowest BCUT2D eigenvalue weighted by Crippen LogP contribution is -2.31. The number of hydrogen-bond acceptors (Lipinski definition) is 4. The van der Waals surface area contributed by atoms with Gasteiger partial charge >= 0.3 is 7.12 Å². The molecule has 0 aromatic heterocycles. The summed E-state index contributed by atoms with van der Waals surface area (Å²) in [4.78, 5) is 10.7. The van der Waals surface area contributed by atoms with Gasteiger partial charge in [0.25, 0.3) is 5.69 Å². The highest BCUT2D eigenvalue weighted by molar-refractivity contribution is 6.66. The van der Waals surface area contributed by atoms with Gasteiger partial charge in [0.15, 0.2) is 0 Å². The number of hydrogen-bond donors (Lipinski definition) is 2. The predicted molar refractivity (Wildman–Crippen MR) is 131 cm³/mol. The molecule has 162 valence electrons. The van der Waals surface area contributed by atoms with E-state index in [1.54, 1.807) is 12.1 Å². The number of non-ortho nitro benzene ring substituents is 1. The molecule has 32 heavy (non-hydrogen) atoms. The van der Waals surface area contributed by atoms with Gasteiger partial charge in [-0.3, -0.25) is 10.1 Å². The Balaban J connectivity index is 1.95. The van der Waals surface area contributed by atoms with E-state index in [0.29, 0.717) is 5.46 Å². The van der Waals surface area contributed by atoms with Crippen molar-refractivity contribution in [3.05, 3.63) is 82.4 Å². The molecule has 0 aliphatic carbocycles. The molecule has 0 fully saturated rings. The molecular formula is C26H26BNO4. The molecule has 0 radical (unpaired) electrons. The minimum absolute atomic E-state index is 0.0409. The molecule has 2 N–H and O–H groups in total. The Hall–Kier alpha value is -3.22. The highest BCUT2D eigenvalue weighted by atomic mass is 16.6. The van der Waals surface area contributed by atoms with E-state index in [-0.39, 0.29) is 5.69 Å². The summed E-state index contributed by atoms with van der Waals surface area (Å²) in [5, 5.41) is 35.1. The normalized spacial score (nSPS) is 11.2. The topological polar surface area (TPSA) is 83.6 Å². The van der Waals surface area contributed by atoms with Gasteiger partial charge in [-0.15, -0.1) is 0 Å². The van der Waals surface area contributed by atoms with E-state index < -0.39 is 12.0 Å². The molecule has 6 heteroatoms. The van der Waals surface area contributed by atoms with Crippen molar-refractivity contribution in [2.45, 2.75) is 39.0 Å². The van der Waals surface area contributed by atoms with Crippen LogP contribution in [0.5, 0.6) is 0 Å². The zero-order chi connectivity index (χ0) is 22.7. The van der Waals surface area contributed by atoms with Crippen LogP contribution in [-0.4, -0.2) is 22.1 Å². The van der Waals surface area contributed by atoms with Crippen molar-refractivity contribution in [1.82, 2.24) is 0 Å². The molecule has 0 atom stereocenters. The number of aryl methyl sites for hydroxylation is 1. The smallest absolute Gasteiger partial charge is 0.423 e. The van der Waals surface area contributed by atoms with Crippen molar-refractivity contribution in [2.75, 3.05) is 0 Å². The molecule has 4 aromatic rings. The monoisotopic (exact) mass is 427 g/mol. The van der Waals surface area contributed by atoms with Gasteiger partial charge in [-0.25, -0.2) is 0 Å². The summed E-state index contributed by atoms with van der Waals surface area (Å²) in [5.74, 6) is 0. The lowest BCUT2D eigenvalue weighted by Gasteiger charge is -2.18. The quantitative estimate of drug-likeness (QED) is 0.130. The van der Waals surface area contributed by atoms with Gasteiger partial charge in [0.1, 0.15) is 0 Å². The second-order valence-electron chi connectivity index (χ2n) is 8.20. The van der Waals surface area contributed by atoms with Crippen LogP contribution in [0.25, 0.3) is 32.7 Å². The van der Waals surface area contributed by atoms with Crippen molar-refractivity contribution in [1.29, 1.82) is 0 Å². The maximum atomic E-state index is 11.1. The molecule has 0 amide bonds. The van der Waals surface area contributed by atoms with Crippen LogP contribution in [0.2, 0.25) is 0 Å². The van der Waals surface area contributed by atoms with Crippen LogP contribution in [0.4, 0.5) is 5.69 Å². The van der Waals surface area contributed by atoms with E-state index in [4.69, 9.17) is 0 Å². The summed E-state index contributed by atoms with van der Waals surface area (Å²) in [6.45, 7) is 2.19. The Morgan fingerprint density at radius 2 is 1.53 bits per heavy atom. The Labute approximate surface area is 187 Å². The van der Waals surface area contributed by atoms with Gasteiger partial charge in [-0.05, 0) is 68.7 Å². The number of benzene rings is 4. The van der Waals surface area contributed by atoms with Crippen molar-refractivity contribution in [2.24, 2.45) is 0 Å². The third-order valence-electron chi connectivity index (χ3n) is 6.07.